The van der Waals surface area contributed by atoms with Gasteiger partial charge >= 0.3 is 0 Å². The molecule has 24 heavy (non-hydrogen) atoms. The highest BCUT2D eigenvalue weighted by Gasteiger charge is 2.22. The van der Waals surface area contributed by atoms with Gasteiger partial charge in [0.05, 0.1) is 13.2 Å². The summed E-state index contributed by atoms with van der Waals surface area (Å²) in [4.78, 5) is 0.0848. The van der Waals surface area contributed by atoms with Crippen LogP contribution in [0.25, 0.3) is 0 Å². The lowest BCUT2D eigenvalue weighted by Gasteiger charge is -2.17. The number of nitrogens with one attached hydrogen (secondary N) is 1. The van der Waals surface area contributed by atoms with Crippen LogP contribution in [0.15, 0.2) is 51.8 Å². The maximum atomic E-state index is 12.6. The van der Waals surface area contributed by atoms with Gasteiger partial charge in [0.2, 0.25) is 10.0 Å². The third-order valence-corrected chi connectivity index (χ3v) is 5.40. The van der Waals surface area contributed by atoms with Crippen LogP contribution >= 0.6 is 15.9 Å². The van der Waals surface area contributed by atoms with E-state index in [0.717, 1.165) is 5.56 Å². The molecule has 2 aromatic carbocycles. The van der Waals surface area contributed by atoms with Gasteiger partial charge in [-0.2, -0.15) is 0 Å². The standard InChI is InChI=1S/C17H20BrNO4S/c1-12-4-7-15(8-5-12)23-11-13(2)19-24(20,21)17-10-14(18)6-9-16(17)22-3/h4-10,13,19H,11H2,1-3H3/t13-/m1/s1. The van der Waals surface area contributed by atoms with E-state index in [1.54, 1.807) is 19.1 Å². The first kappa shape index (κ1) is 18.8. The van der Waals surface area contributed by atoms with Crippen molar-refractivity contribution < 1.29 is 17.9 Å². The number of halogens is 1. The average Bonchev–Trinajstić information content (AvgIpc) is 2.54. The van der Waals surface area contributed by atoms with Crippen LogP contribution in [0.1, 0.15) is 12.5 Å². The third kappa shape index (κ3) is 4.96. The lowest BCUT2D eigenvalue weighted by atomic mass is 10.2. The Balaban J connectivity index is 2.05. The van der Waals surface area contributed by atoms with Gasteiger partial charge in [-0.05, 0) is 44.2 Å². The maximum Gasteiger partial charge on any atom is 0.244 e. The van der Waals surface area contributed by atoms with Crippen LogP contribution in [-0.4, -0.2) is 28.2 Å². The highest BCUT2D eigenvalue weighted by atomic mass is 79.9. The van der Waals surface area contributed by atoms with Crippen LogP contribution < -0.4 is 14.2 Å². The Bertz CT molecular complexity index is 791. The van der Waals surface area contributed by atoms with E-state index in [-0.39, 0.29) is 17.3 Å². The molecule has 130 valence electrons. The van der Waals surface area contributed by atoms with E-state index < -0.39 is 16.1 Å². The second kappa shape index (κ2) is 8.00. The van der Waals surface area contributed by atoms with Gasteiger partial charge in [0.25, 0.3) is 0 Å². The van der Waals surface area contributed by atoms with Gasteiger partial charge < -0.3 is 9.47 Å². The molecule has 0 unspecified atom stereocenters. The van der Waals surface area contributed by atoms with E-state index >= 15 is 0 Å². The summed E-state index contributed by atoms with van der Waals surface area (Å²) < 4.78 is 39.1. The largest absolute Gasteiger partial charge is 0.495 e. The van der Waals surface area contributed by atoms with Crippen molar-refractivity contribution in [3.63, 3.8) is 0 Å². The molecule has 0 saturated heterocycles. The van der Waals surface area contributed by atoms with Crippen LogP contribution in [0.4, 0.5) is 0 Å². The molecule has 1 N–H and O–H groups in total. The number of benzene rings is 2. The summed E-state index contributed by atoms with van der Waals surface area (Å²) >= 11 is 3.28. The first-order valence-corrected chi connectivity index (χ1v) is 9.65. The van der Waals surface area contributed by atoms with Crippen molar-refractivity contribution >= 4 is 26.0 Å². The van der Waals surface area contributed by atoms with E-state index in [1.807, 2.05) is 31.2 Å². The predicted molar refractivity (Wildman–Crippen MR) is 97.2 cm³/mol. The monoisotopic (exact) mass is 413 g/mol. The van der Waals surface area contributed by atoms with E-state index in [2.05, 4.69) is 20.7 Å². The minimum Gasteiger partial charge on any atom is -0.495 e. The van der Waals surface area contributed by atoms with Crippen LogP contribution in [0.5, 0.6) is 11.5 Å². The fraction of sp³-hybridized carbons (Fsp3) is 0.294. The first-order chi connectivity index (χ1) is 11.3. The third-order valence-electron chi connectivity index (χ3n) is 3.29. The molecule has 2 rings (SSSR count). The number of methoxy groups -OCH3 is 1. The van der Waals surface area contributed by atoms with E-state index in [4.69, 9.17) is 9.47 Å². The van der Waals surface area contributed by atoms with Gasteiger partial charge in [-0.1, -0.05) is 33.6 Å². The number of aryl methyl sites for hydroxylation is 1. The maximum absolute atomic E-state index is 12.6. The normalized spacial score (nSPS) is 12.7. The molecule has 0 spiro atoms. The fourth-order valence-corrected chi connectivity index (χ4v) is 4.01. The van der Waals surface area contributed by atoms with Gasteiger partial charge in [-0.25, -0.2) is 13.1 Å². The van der Waals surface area contributed by atoms with Gasteiger partial charge in [0.1, 0.15) is 23.0 Å². The van der Waals surface area contributed by atoms with Crippen LogP contribution in [0, 0.1) is 6.92 Å². The highest BCUT2D eigenvalue weighted by Crippen LogP contribution is 2.27. The summed E-state index contributed by atoms with van der Waals surface area (Å²) in [7, 11) is -2.28. The predicted octanol–water partition coefficient (Wildman–Crippen LogP) is 3.51. The highest BCUT2D eigenvalue weighted by molar-refractivity contribution is 9.10. The zero-order valence-electron chi connectivity index (χ0n) is 13.7. The number of sulfonamides is 1. The second-order valence-electron chi connectivity index (χ2n) is 5.44. The zero-order valence-corrected chi connectivity index (χ0v) is 16.1. The second-order valence-corrected chi connectivity index (χ2v) is 8.04. The Kier molecular flexibility index (Phi) is 6.26. The molecule has 5 nitrogen and oxygen atoms in total. The van der Waals surface area contributed by atoms with Crippen molar-refractivity contribution in [1.29, 1.82) is 0 Å². The molecule has 7 heteroatoms. The molecular formula is C17H20BrNO4S. The van der Waals surface area contributed by atoms with E-state index in [9.17, 15) is 8.42 Å². The molecule has 0 aliphatic rings. The molecule has 0 heterocycles. The molecule has 0 fully saturated rings. The van der Waals surface area contributed by atoms with E-state index in [0.29, 0.717) is 10.2 Å². The summed E-state index contributed by atoms with van der Waals surface area (Å²) in [6.07, 6.45) is 0. The quantitative estimate of drug-likeness (QED) is 0.753. The Hall–Kier alpha value is -1.57. The average molecular weight is 414 g/mol. The van der Waals surface area contributed by atoms with Gasteiger partial charge in [0.15, 0.2) is 0 Å². The summed E-state index contributed by atoms with van der Waals surface area (Å²) in [6, 6.07) is 12.0. The lowest BCUT2D eigenvalue weighted by Crippen LogP contribution is -2.36. The van der Waals surface area contributed by atoms with Crippen molar-refractivity contribution in [2.24, 2.45) is 0 Å². The van der Waals surface area contributed by atoms with Crippen LogP contribution in [0.2, 0.25) is 0 Å². The number of hydrogen-bond acceptors (Lipinski definition) is 4. The van der Waals surface area contributed by atoms with Crippen molar-refractivity contribution in [3.8, 4) is 11.5 Å². The Labute approximate surface area is 151 Å². The number of hydrogen-bond donors (Lipinski definition) is 1. The Morgan fingerprint density at radius 3 is 2.46 bits per heavy atom. The lowest BCUT2D eigenvalue weighted by molar-refractivity contribution is 0.287. The van der Waals surface area contributed by atoms with Crippen LogP contribution in [0.3, 0.4) is 0 Å². The molecule has 0 saturated carbocycles. The smallest absolute Gasteiger partial charge is 0.244 e. The van der Waals surface area contributed by atoms with E-state index in [1.165, 1.54) is 13.2 Å². The molecule has 0 amide bonds. The number of ether oxygens (including phenoxy) is 2. The first-order valence-electron chi connectivity index (χ1n) is 7.37. The SMILES string of the molecule is COc1ccc(Br)cc1S(=O)(=O)N[C@H](C)COc1ccc(C)cc1. The molecule has 0 radical (unpaired) electrons. The summed E-state index contributed by atoms with van der Waals surface area (Å²) in [6.45, 7) is 3.96. The topological polar surface area (TPSA) is 64.6 Å². The van der Waals surface area contributed by atoms with Gasteiger partial charge in [-0.3, -0.25) is 0 Å². The minimum atomic E-state index is -3.72. The van der Waals surface area contributed by atoms with Gasteiger partial charge in [0, 0.05) is 4.47 Å². The van der Waals surface area contributed by atoms with Crippen molar-refractivity contribution in [2.45, 2.75) is 24.8 Å². The van der Waals surface area contributed by atoms with Crippen LogP contribution in [-0.2, 0) is 10.0 Å². The molecular weight excluding hydrogens is 394 g/mol. The zero-order chi connectivity index (χ0) is 17.7. The molecule has 0 aliphatic heterocycles. The number of rotatable bonds is 7. The molecule has 2 aromatic rings. The summed E-state index contributed by atoms with van der Waals surface area (Å²) in [5.74, 6) is 0.990. The van der Waals surface area contributed by atoms with Crippen molar-refractivity contribution in [1.82, 2.24) is 4.72 Å². The van der Waals surface area contributed by atoms with Gasteiger partial charge in [-0.15, -0.1) is 0 Å². The molecule has 0 bridgehead atoms. The Morgan fingerprint density at radius 2 is 1.83 bits per heavy atom. The Morgan fingerprint density at radius 1 is 1.17 bits per heavy atom. The molecule has 1 atom stereocenters. The summed E-state index contributed by atoms with van der Waals surface area (Å²) in [5, 5.41) is 0. The molecule has 0 aromatic heterocycles. The molecule has 0 aliphatic carbocycles. The summed E-state index contributed by atoms with van der Waals surface area (Å²) in [5.41, 5.74) is 1.14. The minimum absolute atomic E-state index is 0.0848. The van der Waals surface area contributed by atoms with Crippen molar-refractivity contribution in [2.75, 3.05) is 13.7 Å². The fourth-order valence-electron chi connectivity index (χ4n) is 2.08. The van der Waals surface area contributed by atoms with Crippen molar-refractivity contribution in [3.05, 3.63) is 52.5 Å².